The fraction of sp³-hybridized carbons (Fsp3) is 0.944. The second-order valence-corrected chi connectivity index (χ2v) is 7.42. The summed E-state index contributed by atoms with van der Waals surface area (Å²) in [7, 11) is 0. The highest BCUT2D eigenvalue weighted by atomic mass is 16.4. The number of carboxylic acid groups (broad SMARTS) is 1. The minimum atomic E-state index is -0.645. The van der Waals surface area contributed by atoms with Crippen LogP contribution >= 0.6 is 0 Å². The predicted molar refractivity (Wildman–Crippen MR) is 90.1 cm³/mol. The highest BCUT2D eigenvalue weighted by Crippen LogP contribution is 2.24. The topological polar surface area (TPSA) is 52.6 Å². The predicted octanol–water partition coefficient (Wildman–Crippen LogP) is 3.12. The third-order valence-electron chi connectivity index (χ3n) is 5.32. The maximum absolute atomic E-state index is 11.1. The molecule has 0 bridgehead atoms. The van der Waals surface area contributed by atoms with Gasteiger partial charge in [-0.2, -0.15) is 0 Å². The molecule has 0 spiro atoms. The van der Waals surface area contributed by atoms with Gasteiger partial charge in [0.1, 0.15) is 0 Å². The molecule has 0 amide bonds. The van der Waals surface area contributed by atoms with E-state index in [1.165, 1.54) is 44.9 Å². The Hall–Kier alpha value is -0.610. The second kappa shape index (κ2) is 9.51. The molecule has 2 N–H and O–H groups in total. The first-order chi connectivity index (χ1) is 10.7. The molecule has 2 rings (SSSR count). The van der Waals surface area contributed by atoms with E-state index in [1.54, 1.807) is 0 Å². The molecule has 2 fully saturated rings. The van der Waals surface area contributed by atoms with Crippen LogP contribution in [0.2, 0.25) is 0 Å². The molecule has 1 saturated carbocycles. The molecule has 2 atom stereocenters. The highest BCUT2D eigenvalue weighted by molar-refractivity contribution is 5.67. The summed E-state index contributed by atoms with van der Waals surface area (Å²) in [4.78, 5) is 13.5. The molecule has 128 valence electrons. The first-order valence-corrected chi connectivity index (χ1v) is 9.35. The van der Waals surface area contributed by atoms with Crippen LogP contribution < -0.4 is 5.32 Å². The van der Waals surface area contributed by atoms with E-state index >= 15 is 0 Å². The number of carboxylic acids is 1. The lowest BCUT2D eigenvalue weighted by Gasteiger charge is -2.38. The molecule has 2 aliphatic rings. The number of hydrogen-bond donors (Lipinski definition) is 2. The van der Waals surface area contributed by atoms with Gasteiger partial charge >= 0.3 is 5.97 Å². The molecular weight excluding hydrogens is 276 g/mol. The summed E-state index contributed by atoms with van der Waals surface area (Å²) in [5.74, 6) is 0.512. The Labute approximate surface area is 135 Å². The van der Waals surface area contributed by atoms with Crippen molar-refractivity contribution in [1.29, 1.82) is 0 Å². The van der Waals surface area contributed by atoms with Crippen LogP contribution in [0.1, 0.15) is 64.7 Å². The van der Waals surface area contributed by atoms with Crippen molar-refractivity contribution in [1.82, 2.24) is 10.2 Å². The van der Waals surface area contributed by atoms with Crippen molar-refractivity contribution in [3.8, 4) is 0 Å². The molecule has 0 radical (unpaired) electrons. The van der Waals surface area contributed by atoms with Crippen LogP contribution in [-0.2, 0) is 4.79 Å². The van der Waals surface area contributed by atoms with E-state index in [2.05, 4.69) is 17.1 Å². The lowest BCUT2D eigenvalue weighted by Crippen LogP contribution is -2.50. The molecule has 2 unspecified atom stereocenters. The fourth-order valence-corrected chi connectivity index (χ4v) is 4.13. The molecule has 4 nitrogen and oxygen atoms in total. The van der Waals surface area contributed by atoms with Crippen molar-refractivity contribution in [2.75, 3.05) is 26.2 Å². The summed E-state index contributed by atoms with van der Waals surface area (Å²) in [5, 5.41) is 12.9. The van der Waals surface area contributed by atoms with Crippen molar-refractivity contribution in [2.24, 2.45) is 11.8 Å². The summed E-state index contributed by atoms with van der Waals surface area (Å²) in [6.07, 6.45) is 10.7. The second-order valence-electron chi connectivity index (χ2n) is 7.42. The van der Waals surface area contributed by atoms with Gasteiger partial charge in [0, 0.05) is 25.6 Å². The van der Waals surface area contributed by atoms with Gasteiger partial charge in [-0.15, -0.1) is 0 Å². The molecule has 4 heteroatoms. The summed E-state index contributed by atoms with van der Waals surface area (Å²) >= 11 is 0. The van der Waals surface area contributed by atoms with Crippen LogP contribution in [0, 0.1) is 11.8 Å². The van der Waals surface area contributed by atoms with Crippen molar-refractivity contribution in [3.05, 3.63) is 0 Å². The molecule has 1 heterocycles. The molecule has 0 aromatic heterocycles. The summed E-state index contributed by atoms with van der Waals surface area (Å²) in [5.41, 5.74) is 0. The standard InChI is InChI=1S/C18H34N2O2/c1-2-3-9-20-13-16(11-18(21)22)10-17(14-20)19-12-15-7-5-4-6-8-15/h15-17,19H,2-14H2,1H3,(H,21,22). The minimum Gasteiger partial charge on any atom is -0.481 e. The summed E-state index contributed by atoms with van der Waals surface area (Å²) in [6, 6.07) is 0.483. The third-order valence-corrected chi connectivity index (χ3v) is 5.32. The number of hydrogen-bond acceptors (Lipinski definition) is 3. The smallest absolute Gasteiger partial charge is 0.303 e. The van der Waals surface area contributed by atoms with Crippen LogP contribution in [0.25, 0.3) is 0 Å². The Morgan fingerprint density at radius 3 is 2.64 bits per heavy atom. The van der Waals surface area contributed by atoms with E-state index in [4.69, 9.17) is 5.11 Å². The average molecular weight is 310 g/mol. The largest absolute Gasteiger partial charge is 0.481 e. The Kier molecular flexibility index (Phi) is 7.67. The quantitative estimate of drug-likeness (QED) is 0.723. The molecule has 0 aromatic rings. The van der Waals surface area contributed by atoms with E-state index in [0.29, 0.717) is 18.4 Å². The summed E-state index contributed by atoms with van der Waals surface area (Å²) < 4.78 is 0. The monoisotopic (exact) mass is 310 g/mol. The molecule has 1 saturated heterocycles. The van der Waals surface area contributed by atoms with E-state index < -0.39 is 5.97 Å². The SMILES string of the molecule is CCCCN1CC(CC(=O)O)CC(NCC2CCCCC2)C1. The Balaban J connectivity index is 1.80. The zero-order chi connectivity index (χ0) is 15.8. The van der Waals surface area contributed by atoms with Crippen LogP contribution in [0.5, 0.6) is 0 Å². The number of likely N-dealkylation sites (tertiary alicyclic amines) is 1. The van der Waals surface area contributed by atoms with Gasteiger partial charge < -0.3 is 15.3 Å². The van der Waals surface area contributed by atoms with Crippen molar-refractivity contribution in [3.63, 3.8) is 0 Å². The van der Waals surface area contributed by atoms with Gasteiger partial charge in [0.2, 0.25) is 0 Å². The van der Waals surface area contributed by atoms with Crippen LogP contribution in [0.4, 0.5) is 0 Å². The lowest BCUT2D eigenvalue weighted by molar-refractivity contribution is -0.138. The number of rotatable bonds is 8. The van der Waals surface area contributed by atoms with Gasteiger partial charge in [0.15, 0.2) is 0 Å². The first-order valence-electron chi connectivity index (χ1n) is 9.35. The minimum absolute atomic E-state index is 0.312. The van der Waals surface area contributed by atoms with Crippen molar-refractivity contribution >= 4 is 5.97 Å². The Morgan fingerprint density at radius 2 is 1.95 bits per heavy atom. The van der Waals surface area contributed by atoms with Gasteiger partial charge in [0.05, 0.1) is 0 Å². The van der Waals surface area contributed by atoms with E-state index in [-0.39, 0.29) is 0 Å². The maximum Gasteiger partial charge on any atom is 0.303 e. The fourth-order valence-electron chi connectivity index (χ4n) is 4.13. The van der Waals surface area contributed by atoms with Crippen molar-refractivity contribution in [2.45, 2.75) is 70.8 Å². The average Bonchev–Trinajstić information content (AvgIpc) is 2.51. The van der Waals surface area contributed by atoms with E-state index in [9.17, 15) is 4.79 Å². The number of unbranched alkanes of at least 4 members (excludes halogenated alkanes) is 1. The number of nitrogens with zero attached hydrogens (tertiary/aromatic N) is 1. The molecule has 0 aromatic carbocycles. The van der Waals surface area contributed by atoms with Crippen LogP contribution in [0.15, 0.2) is 0 Å². The van der Waals surface area contributed by atoms with Crippen molar-refractivity contribution < 1.29 is 9.90 Å². The first kappa shape index (κ1) is 17.7. The lowest BCUT2D eigenvalue weighted by atomic mass is 9.88. The summed E-state index contributed by atoms with van der Waals surface area (Å²) in [6.45, 7) is 6.54. The molecule has 1 aliphatic heterocycles. The van der Waals surface area contributed by atoms with Gasteiger partial charge in [-0.05, 0) is 50.6 Å². The number of aliphatic carboxylic acids is 1. The van der Waals surface area contributed by atoms with Gasteiger partial charge in [-0.1, -0.05) is 32.6 Å². The molecular formula is C18H34N2O2. The van der Waals surface area contributed by atoms with E-state index in [1.807, 2.05) is 0 Å². The van der Waals surface area contributed by atoms with E-state index in [0.717, 1.165) is 38.5 Å². The number of carbonyl (C=O) groups is 1. The van der Waals surface area contributed by atoms with Gasteiger partial charge in [-0.25, -0.2) is 0 Å². The van der Waals surface area contributed by atoms with Gasteiger partial charge in [-0.3, -0.25) is 4.79 Å². The molecule has 1 aliphatic carbocycles. The van der Waals surface area contributed by atoms with Crippen LogP contribution in [-0.4, -0.2) is 48.2 Å². The number of piperidine rings is 1. The normalized spacial score (nSPS) is 27.9. The third kappa shape index (κ3) is 6.25. The van der Waals surface area contributed by atoms with Crippen LogP contribution in [0.3, 0.4) is 0 Å². The zero-order valence-electron chi connectivity index (χ0n) is 14.2. The number of nitrogens with one attached hydrogen (secondary N) is 1. The molecule has 22 heavy (non-hydrogen) atoms. The van der Waals surface area contributed by atoms with Gasteiger partial charge in [0.25, 0.3) is 0 Å². The Bertz CT molecular complexity index is 329. The highest BCUT2D eigenvalue weighted by Gasteiger charge is 2.28. The Morgan fingerprint density at radius 1 is 1.18 bits per heavy atom. The zero-order valence-corrected chi connectivity index (χ0v) is 14.2. The maximum atomic E-state index is 11.1.